The van der Waals surface area contributed by atoms with E-state index in [-0.39, 0.29) is 11.0 Å². The maximum absolute atomic E-state index is 13.4. The fourth-order valence-electron chi connectivity index (χ4n) is 1.09. The average Bonchev–Trinajstić information content (AvgIpc) is 2.16. The third-order valence-electron chi connectivity index (χ3n) is 1.76. The van der Waals surface area contributed by atoms with Crippen LogP contribution in [0.15, 0.2) is 10.5 Å². The van der Waals surface area contributed by atoms with Crippen molar-refractivity contribution in [1.29, 1.82) is 0 Å². The largest absolute Gasteiger partial charge is 0.504 e. The predicted molar refractivity (Wildman–Crippen MR) is 54.0 cm³/mol. The number of rotatable bonds is 3. The number of aromatic hydroxyl groups is 1. The zero-order chi connectivity index (χ0) is 11.6. The summed E-state index contributed by atoms with van der Waals surface area (Å²) in [5.74, 6) is -3.68. The first-order valence-corrected chi connectivity index (χ1v) is 4.82. The van der Waals surface area contributed by atoms with Gasteiger partial charge in [-0.05, 0) is 29.0 Å². The van der Waals surface area contributed by atoms with Gasteiger partial charge < -0.3 is 10.4 Å². The summed E-state index contributed by atoms with van der Waals surface area (Å²) in [5.41, 5.74) is -0.642. The molecule has 0 saturated carbocycles. The van der Waals surface area contributed by atoms with Crippen molar-refractivity contribution in [3.05, 3.63) is 27.7 Å². The molecule has 0 bridgehead atoms. The number of hydrogen-bond donors (Lipinski definition) is 2. The zero-order valence-corrected chi connectivity index (χ0v) is 9.36. The highest BCUT2D eigenvalue weighted by Crippen LogP contribution is 2.30. The second-order valence-electron chi connectivity index (χ2n) is 2.83. The van der Waals surface area contributed by atoms with Gasteiger partial charge in [0.25, 0.3) is 0 Å². The lowest BCUT2D eigenvalue weighted by Crippen LogP contribution is -2.20. The molecule has 0 aliphatic heterocycles. The maximum Gasteiger partial charge on any atom is 0.183 e. The molecule has 0 unspecified atom stereocenters. The van der Waals surface area contributed by atoms with Crippen LogP contribution in [0, 0.1) is 11.6 Å². The molecule has 6 heteroatoms. The van der Waals surface area contributed by atoms with E-state index in [1.54, 1.807) is 0 Å². The number of benzene rings is 1. The lowest BCUT2D eigenvalue weighted by molar-refractivity contribution is 0.0986. The molecule has 0 spiro atoms. The molecule has 82 valence electrons. The highest BCUT2D eigenvalue weighted by atomic mass is 79.9. The number of nitrogens with one attached hydrogen (secondary N) is 1. The summed E-state index contributed by atoms with van der Waals surface area (Å²) < 4.78 is 26.2. The van der Waals surface area contributed by atoms with Crippen LogP contribution in [0.2, 0.25) is 0 Å². The van der Waals surface area contributed by atoms with E-state index in [0.717, 1.165) is 6.07 Å². The Morgan fingerprint density at radius 1 is 1.60 bits per heavy atom. The fraction of sp³-hybridized carbons (Fsp3) is 0.222. The molecule has 0 aromatic heterocycles. The number of phenols is 1. The van der Waals surface area contributed by atoms with Crippen LogP contribution < -0.4 is 5.32 Å². The smallest absolute Gasteiger partial charge is 0.183 e. The van der Waals surface area contributed by atoms with Gasteiger partial charge in [-0.1, -0.05) is 0 Å². The molecular formula is C9H8BrF2NO2. The van der Waals surface area contributed by atoms with Crippen LogP contribution in [-0.4, -0.2) is 24.5 Å². The van der Waals surface area contributed by atoms with Crippen molar-refractivity contribution >= 4 is 21.7 Å². The van der Waals surface area contributed by atoms with Gasteiger partial charge in [0.05, 0.1) is 11.0 Å². The Bertz CT molecular complexity index is 383. The summed E-state index contributed by atoms with van der Waals surface area (Å²) in [7, 11) is 1.49. The molecule has 0 heterocycles. The minimum atomic E-state index is -1.04. The topological polar surface area (TPSA) is 49.3 Å². The van der Waals surface area contributed by atoms with Crippen LogP contribution >= 0.6 is 15.9 Å². The molecule has 1 aromatic rings. The van der Waals surface area contributed by atoms with Crippen molar-refractivity contribution < 1.29 is 18.7 Å². The van der Waals surface area contributed by atoms with Crippen molar-refractivity contribution in [1.82, 2.24) is 5.32 Å². The van der Waals surface area contributed by atoms with Gasteiger partial charge in [-0.25, -0.2) is 8.78 Å². The van der Waals surface area contributed by atoms with Gasteiger partial charge in [0.1, 0.15) is 5.56 Å². The van der Waals surface area contributed by atoms with Crippen molar-refractivity contribution in [2.24, 2.45) is 0 Å². The number of hydrogen-bond acceptors (Lipinski definition) is 3. The fourth-order valence-corrected chi connectivity index (χ4v) is 1.49. The Kier molecular flexibility index (Phi) is 3.76. The molecule has 0 amide bonds. The van der Waals surface area contributed by atoms with Gasteiger partial charge in [0, 0.05) is 0 Å². The third-order valence-corrected chi connectivity index (χ3v) is 2.34. The Balaban J connectivity index is 3.32. The summed E-state index contributed by atoms with van der Waals surface area (Å²) in [6, 6.07) is 0.765. The summed E-state index contributed by atoms with van der Waals surface area (Å²) in [4.78, 5) is 11.3. The van der Waals surface area contributed by atoms with Crippen molar-refractivity contribution in [3.63, 3.8) is 0 Å². The SMILES string of the molecule is CNCC(=O)c1c(O)c(F)cc(Br)c1F. The highest BCUT2D eigenvalue weighted by molar-refractivity contribution is 9.10. The minimum absolute atomic E-state index is 0.180. The number of ketones is 1. The molecule has 0 saturated heterocycles. The lowest BCUT2D eigenvalue weighted by atomic mass is 10.1. The Morgan fingerprint density at radius 2 is 2.20 bits per heavy atom. The molecule has 15 heavy (non-hydrogen) atoms. The van der Waals surface area contributed by atoms with Crippen LogP contribution in [0.1, 0.15) is 10.4 Å². The lowest BCUT2D eigenvalue weighted by Gasteiger charge is -2.07. The van der Waals surface area contributed by atoms with Crippen LogP contribution in [0.3, 0.4) is 0 Å². The molecule has 1 aromatic carbocycles. The molecule has 1 rings (SSSR count). The molecule has 0 aliphatic carbocycles. The van der Waals surface area contributed by atoms with Gasteiger partial charge in [-0.15, -0.1) is 0 Å². The van der Waals surface area contributed by atoms with E-state index in [4.69, 9.17) is 0 Å². The number of carbonyl (C=O) groups excluding carboxylic acids is 1. The molecule has 0 aliphatic rings. The summed E-state index contributed by atoms with van der Waals surface area (Å²) >= 11 is 2.75. The standard InChI is InChI=1S/C9H8BrF2NO2/c1-13-3-6(14)7-8(12)4(10)2-5(11)9(7)15/h2,13,15H,3H2,1H3. The monoisotopic (exact) mass is 279 g/mol. The number of halogens is 3. The first kappa shape index (κ1) is 12.1. The maximum atomic E-state index is 13.4. The van der Waals surface area contributed by atoms with E-state index in [2.05, 4.69) is 21.2 Å². The zero-order valence-electron chi connectivity index (χ0n) is 7.77. The Labute approximate surface area is 93.2 Å². The number of Topliss-reactive ketones (excluding diaryl/α,β-unsaturated/α-hetero) is 1. The summed E-state index contributed by atoms with van der Waals surface area (Å²) in [5, 5.41) is 11.7. The highest BCUT2D eigenvalue weighted by Gasteiger charge is 2.22. The molecular weight excluding hydrogens is 272 g/mol. The third kappa shape index (κ3) is 2.32. The first-order valence-electron chi connectivity index (χ1n) is 4.03. The van der Waals surface area contributed by atoms with E-state index >= 15 is 0 Å². The molecule has 3 nitrogen and oxygen atoms in total. The molecule has 0 atom stereocenters. The van der Waals surface area contributed by atoms with Crippen LogP contribution in [0.5, 0.6) is 5.75 Å². The van der Waals surface area contributed by atoms with Crippen molar-refractivity contribution in [3.8, 4) is 5.75 Å². The number of phenolic OH excluding ortho intramolecular Hbond substituents is 1. The Morgan fingerprint density at radius 3 is 2.73 bits per heavy atom. The first-order chi connectivity index (χ1) is 6.99. The normalized spacial score (nSPS) is 10.4. The second kappa shape index (κ2) is 4.67. The number of carbonyl (C=O) groups is 1. The van der Waals surface area contributed by atoms with Crippen LogP contribution in [0.25, 0.3) is 0 Å². The quantitative estimate of drug-likeness (QED) is 0.656. The minimum Gasteiger partial charge on any atom is -0.504 e. The van der Waals surface area contributed by atoms with E-state index in [9.17, 15) is 18.7 Å². The van der Waals surface area contributed by atoms with E-state index in [0.29, 0.717) is 0 Å². The van der Waals surface area contributed by atoms with Crippen molar-refractivity contribution in [2.75, 3.05) is 13.6 Å². The molecule has 0 radical (unpaired) electrons. The van der Waals surface area contributed by atoms with Crippen LogP contribution in [-0.2, 0) is 0 Å². The van der Waals surface area contributed by atoms with E-state index in [1.807, 2.05) is 0 Å². The van der Waals surface area contributed by atoms with Crippen LogP contribution in [0.4, 0.5) is 8.78 Å². The average molecular weight is 280 g/mol. The van der Waals surface area contributed by atoms with Gasteiger partial charge in [-0.2, -0.15) is 0 Å². The molecule has 2 N–H and O–H groups in total. The van der Waals surface area contributed by atoms with Gasteiger partial charge in [0.2, 0.25) is 0 Å². The van der Waals surface area contributed by atoms with Gasteiger partial charge >= 0.3 is 0 Å². The summed E-state index contributed by atoms with van der Waals surface area (Å²) in [6.07, 6.45) is 0. The predicted octanol–water partition coefficient (Wildman–Crippen LogP) is 1.83. The van der Waals surface area contributed by atoms with Crippen molar-refractivity contribution in [2.45, 2.75) is 0 Å². The number of likely N-dealkylation sites (N-methyl/N-ethyl adjacent to an activating group) is 1. The van der Waals surface area contributed by atoms with E-state index in [1.165, 1.54) is 7.05 Å². The summed E-state index contributed by atoms with van der Waals surface area (Å²) in [6.45, 7) is -0.180. The van der Waals surface area contributed by atoms with Gasteiger partial charge in [0.15, 0.2) is 23.2 Å². The Hall–Kier alpha value is -1.01. The van der Waals surface area contributed by atoms with Gasteiger partial charge in [-0.3, -0.25) is 4.79 Å². The second-order valence-corrected chi connectivity index (χ2v) is 3.69. The molecule has 0 fully saturated rings. The van der Waals surface area contributed by atoms with E-state index < -0.39 is 28.7 Å².